The minimum absolute atomic E-state index is 0.129. The van der Waals surface area contributed by atoms with Crippen molar-refractivity contribution in [2.45, 2.75) is 52.2 Å². The number of rotatable bonds is 9. The summed E-state index contributed by atoms with van der Waals surface area (Å²) in [7, 11) is 0. The van der Waals surface area contributed by atoms with Gasteiger partial charge in [0.2, 0.25) is 5.91 Å². The lowest BCUT2D eigenvalue weighted by Crippen LogP contribution is -2.42. The van der Waals surface area contributed by atoms with Crippen molar-refractivity contribution in [2.24, 2.45) is 10.9 Å². The summed E-state index contributed by atoms with van der Waals surface area (Å²) in [5, 5.41) is 12.2. The lowest BCUT2D eigenvalue weighted by molar-refractivity contribution is -0.122. The fourth-order valence-electron chi connectivity index (χ4n) is 2.75. The first-order valence-electron chi connectivity index (χ1n) is 10.6. The molecule has 1 fully saturated rings. The van der Waals surface area contributed by atoms with Crippen LogP contribution in [0.25, 0.3) is 0 Å². The van der Waals surface area contributed by atoms with E-state index in [-0.39, 0.29) is 17.9 Å². The number of hydrogen-bond acceptors (Lipinski definition) is 4. The lowest BCUT2D eigenvalue weighted by Gasteiger charge is -2.23. The Kier molecular flexibility index (Phi) is 8.95. The van der Waals surface area contributed by atoms with Gasteiger partial charge in [0.15, 0.2) is 5.96 Å². The number of nitrogens with one attached hydrogen (secondary N) is 4. The summed E-state index contributed by atoms with van der Waals surface area (Å²) >= 11 is 0. The van der Waals surface area contributed by atoms with Gasteiger partial charge in [0.05, 0.1) is 12.6 Å². The van der Waals surface area contributed by atoms with Gasteiger partial charge in [0.1, 0.15) is 5.60 Å². The van der Waals surface area contributed by atoms with Gasteiger partial charge in [-0.2, -0.15) is 0 Å². The molecule has 0 radical (unpaired) electrons. The number of ether oxygens (including phenoxy) is 1. The summed E-state index contributed by atoms with van der Waals surface area (Å²) in [4.78, 5) is 28.6. The molecule has 0 aliphatic heterocycles. The third-order valence-electron chi connectivity index (χ3n) is 4.33. The second-order valence-corrected chi connectivity index (χ2v) is 8.32. The summed E-state index contributed by atoms with van der Waals surface area (Å²) in [5.74, 6) is 0.965. The maximum Gasteiger partial charge on any atom is 0.408 e. The number of nitrogens with zero attached hydrogens (tertiary/aromatic N) is 1. The molecule has 0 aromatic heterocycles. The van der Waals surface area contributed by atoms with Crippen molar-refractivity contribution in [3.63, 3.8) is 0 Å². The van der Waals surface area contributed by atoms with Gasteiger partial charge in [-0.1, -0.05) is 30.3 Å². The molecule has 0 heterocycles. The molecule has 1 aromatic rings. The molecule has 1 atom stereocenters. The fraction of sp³-hybridized carbons (Fsp3) is 0.591. The fourth-order valence-corrected chi connectivity index (χ4v) is 2.75. The highest BCUT2D eigenvalue weighted by Gasteiger charge is 2.29. The van der Waals surface area contributed by atoms with Crippen LogP contribution in [0.5, 0.6) is 0 Å². The van der Waals surface area contributed by atoms with Crippen molar-refractivity contribution in [2.75, 3.05) is 26.2 Å². The molecule has 0 bridgehead atoms. The molecule has 2 amide bonds. The average molecular weight is 418 g/mol. The maximum atomic E-state index is 12.3. The van der Waals surface area contributed by atoms with Crippen molar-refractivity contribution in [1.29, 1.82) is 0 Å². The highest BCUT2D eigenvalue weighted by atomic mass is 16.6. The predicted molar refractivity (Wildman–Crippen MR) is 118 cm³/mol. The zero-order valence-electron chi connectivity index (χ0n) is 18.5. The molecular weight excluding hydrogens is 382 g/mol. The van der Waals surface area contributed by atoms with Crippen molar-refractivity contribution >= 4 is 18.0 Å². The van der Waals surface area contributed by atoms with Crippen molar-refractivity contribution in [1.82, 2.24) is 21.3 Å². The summed E-state index contributed by atoms with van der Waals surface area (Å²) in [5.41, 5.74) is 0.371. The Bertz CT molecular complexity index is 711. The second kappa shape index (κ2) is 11.4. The van der Waals surface area contributed by atoms with Crippen LogP contribution >= 0.6 is 0 Å². The number of guanidine groups is 1. The summed E-state index contributed by atoms with van der Waals surface area (Å²) in [6.07, 6.45) is 1.51. The summed E-state index contributed by atoms with van der Waals surface area (Å²) in [6, 6.07) is 9.35. The van der Waals surface area contributed by atoms with Crippen LogP contribution in [0.2, 0.25) is 0 Å². The van der Waals surface area contributed by atoms with Gasteiger partial charge in [0.25, 0.3) is 0 Å². The molecule has 1 aliphatic carbocycles. The van der Waals surface area contributed by atoms with E-state index in [0.717, 1.165) is 18.4 Å². The van der Waals surface area contributed by atoms with Crippen LogP contribution in [0.1, 0.15) is 52.1 Å². The first-order chi connectivity index (χ1) is 14.3. The number of carbonyl (C=O) groups is 2. The van der Waals surface area contributed by atoms with E-state index >= 15 is 0 Å². The highest BCUT2D eigenvalue weighted by Crippen LogP contribution is 2.28. The zero-order chi connectivity index (χ0) is 22.0. The minimum atomic E-state index is -0.573. The third kappa shape index (κ3) is 9.15. The van der Waals surface area contributed by atoms with E-state index < -0.39 is 11.7 Å². The van der Waals surface area contributed by atoms with E-state index in [1.165, 1.54) is 0 Å². The molecule has 1 aromatic carbocycles. The number of amides is 2. The number of alkyl carbamates (subject to hydrolysis) is 1. The Morgan fingerprint density at radius 1 is 1.10 bits per heavy atom. The van der Waals surface area contributed by atoms with E-state index in [1.54, 1.807) is 0 Å². The molecule has 8 heteroatoms. The molecule has 166 valence electrons. The molecular formula is C22H35N5O3. The Balaban J connectivity index is 1.94. The standard InChI is InChI=1S/C22H35N5O3/c1-5-23-20(25-14-13-24-19(28)17-11-12-17)26-15-18(16-9-7-6-8-10-16)27-21(29)30-22(2,3)4/h6-10,17-18H,5,11-15H2,1-4H3,(H,24,28)(H,27,29)(H2,23,25,26). The van der Waals surface area contributed by atoms with Gasteiger partial charge in [0, 0.05) is 25.6 Å². The molecule has 0 spiro atoms. The normalized spacial score (nSPS) is 15.1. The van der Waals surface area contributed by atoms with E-state index in [0.29, 0.717) is 32.1 Å². The number of benzene rings is 1. The largest absolute Gasteiger partial charge is 0.444 e. The van der Waals surface area contributed by atoms with Crippen LogP contribution in [0.4, 0.5) is 4.79 Å². The van der Waals surface area contributed by atoms with E-state index in [9.17, 15) is 9.59 Å². The van der Waals surface area contributed by atoms with Crippen molar-refractivity contribution in [3.05, 3.63) is 35.9 Å². The summed E-state index contributed by atoms with van der Waals surface area (Å²) < 4.78 is 5.40. The van der Waals surface area contributed by atoms with Gasteiger partial charge in [-0.15, -0.1) is 0 Å². The molecule has 1 aliphatic rings. The molecule has 1 unspecified atom stereocenters. The van der Waals surface area contributed by atoms with Crippen LogP contribution in [0.15, 0.2) is 35.3 Å². The minimum Gasteiger partial charge on any atom is -0.444 e. The molecule has 4 N–H and O–H groups in total. The lowest BCUT2D eigenvalue weighted by atomic mass is 10.1. The van der Waals surface area contributed by atoms with E-state index in [1.807, 2.05) is 58.0 Å². The zero-order valence-corrected chi connectivity index (χ0v) is 18.5. The Hall–Kier alpha value is -2.77. The van der Waals surface area contributed by atoms with Crippen LogP contribution in [0, 0.1) is 5.92 Å². The van der Waals surface area contributed by atoms with E-state index in [4.69, 9.17) is 4.74 Å². The van der Waals surface area contributed by atoms with Crippen LogP contribution < -0.4 is 21.3 Å². The van der Waals surface area contributed by atoms with Crippen molar-refractivity contribution < 1.29 is 14.3 Å². The van der Waals surface area contributed by atoms with Gasteiger partial charge in [-0.05, 0) is 46.1 Å². The predicted octanol–water partition coefficient (Wildman–Crippen LogP) is 2.33. The molecule has 1 saturated carbocycles. The maximum absolute atomic E-state index is 12.3. The topological polar surface area (TPSA) is 104 Å². The quantitative estimate of drug-likeness (QED) is 0.280. The number of hydrogen-bond donors (Lipinski definition) is 4. The third-order valence-corrected chi connectivity index (χ3v) is 4.33. The Morgan fingerprint density at radius 3 is 2.37 bits per heavy atom. The average Bonchev–Trinajstić information content (AvgIpc) is 3.52. The number of carbonyl (C=O) groups excluding carboxylic acids is 2. The van der Waals surface area contributed by atoms with Gasteiger partial charge >= 0.3 is 6.09 Å². The van der Waals surface area contributed by atoms with Gasteiger partial charge in [-0.25, -0.2) is 4.79 Å². The first-order valence-corrected chi connectivity index (χ1v) is 10.6. The van der Waals surface area contributed by atoms with Crippen molar-refractivity contribution in [3.8, 4) is 0 Å². The SMILES string of the molecule is CCNC(=NCC(NC(=O)OC(C)(C)C)c1ccccc1)NCCNC(=O)C1CC1. The first kappa shape index (κ1) is 23.5. The second-order valence-electron chi connectivity index (χ2n) is 8.32. The van der Waals surface area contributed by atoms with Gasteiger partial charge in [-0.3, -0.25) is 9.79 Å². The number of aliphatic imine (C=N–C) groups is 1. The highest BCUT2D eigenvalue weighted by molar-refractivity contribution is 5.81. The van der Waals surface area contributed by atoms with Gasteiger partial charge < -0.3 is 26.0 Å². The monoisotopic (exact) mass is 417 g/mol. The molecule has 2 rings (SSSR count). The summed E-state index contributed by atoms with van der Waals surface area (Å²) in [6.45, 7) is 9.63. The molecule has 0 saturated heterocycles. The van der Waals surface area contributed by atoms with Crippen LogP contribution in [0.3, 0.4) is 0 Å². The molecule has 30 heavy (non-hydrogen) atoms. The van der Waals surface area contributed by atoms with Crippen LogP contribution in [-0.4, -0.2) is 49.7 Å². The van der Waals surface area contributed by atoms with Crippen LogP contribution in [-0.2, 0) is 9.53 Å². The Labute approximate surface area is 179 Å². The van der Waals surface area contributed by atoms with E-state index in [2.05, 4.69) is 26.3 Å². The smallest absolute Gasteiger partial charge is 0.408 e. The Morgan fingerprint density at radius 2 is 1.77 bits per heavy atom. The molecule has 8 nitrogen and oxygen atoms in total.